The molecule has 212 valence electrons. The van der Waals surface area contributed by atoms with E-state index >= 15 is 0 Å². The number of hydrogen-bond acceptors (Lipinski definition) is 4. The van der Waals surface area contributed by atoms with Crippen LogP contribution in [-0.2, 0) is 16.0 Å². The highest BCUT2D eigenvalue weighted by molar-refractivity contribution is 5.74. The van der Waals surface area contributed by atoms with Crippen LogP contribution in [0.25, 0.3) is 11.1 Å². The molecule has 1 fully saturated rings. The van der Waals surface area contributed by atoms with Gasteiger partial charge in [0.1, 0.15) is 5.75 Å². The lowest BCUT2D eigenvalue weighted by atomic mass is 9.64. The number of carbonyl (C=O) groups is 1. The number of carbonyl (C=O) groups excluding carboxylic acids is 1. The van der Waals surface area contributed by atoms with Gasteiger partial charge in [-0.15, -0.1) is 0 Å². The van der Waals surface area contributed by atoms with Gasteiger partial charge in [-0.05, 0) is 141 Å². The molecule has 0 aliphatic heterocycles. The van der Waals surface area contributed by atoms with E-state index in [-0.39, 0.29) is 24.2 Å². The van der Waals surface area contributed by atoms with Crippen LogP contribution < -0.4 is 10.1 Å². The zero-order valence-electron chi connectivity index (χ0n) is 25.1. The van der Waals surface area contributed by atoms with E-state index in [9.17, 15) is 4.79 Å². The van der Waals surface area contributed by atoms with E-state index in [1.807, 2.05) is 19.9 Å². The van der Waals surface area contributed by atoms with Crippen molar-refractivity contribution < 1.29 is 14.3 Å². The van der Waals surface area contributed by atoms with Crippen LogP contribution in [0.1, 0.15) is 117 Å². The van der Waals surface area contributed by atoms with Crippen molar-refractivity contribution in [1.82, 2.24) is 5.32 Å². The number of rotatable bonds is 10. The fraction of sp³-hybridized carbons (Fsp3) is 0.472. The first-order valence-electron chi connectivity index (χ1n) is 15.1. The summed E-state index contributed by atoms with van der Waals surface area (Å²) in [6.45, 7) is 10.5. The van der Waals surface area contributed by atoms with E-state index in [0.29, 0.717) is 24.7 Å². The van der Waals surface area contributed by atoms with Crippen LogP contribution in [0.5, 0.6) is 5.75 Å². The summed E-state index contributed by atoms with van der Waals surface area (Å²) in [5, 5.41) is 3.86. The number of benzene rings is 3. The largest absolute Gasteiger partial charge is 0.497 e. The third-order valence-corrected chi connectivity index (χ3v) is 9.03. The molecule has 0 saturated heterocycles. The number of fused-ring (bicyclic) bond motifs is 2. The van der Waals surface area contributed by atoms with Gasteiger partial charge in [0.25, 0.3) is 0 Å². The van der Waals surface area contributed by atoms with E-state index in [4.69, 9.17) is 9.47 Å². The summed E-state index contributed by atoms with van der Waals surface area (Å²) in [5.41, 5.74) is 10.8. The number of methoxy groups -OCH3 is 1. The summed E-state index contributed by atoms with van der Waals surface area (Å²) in [6, 6.07) is 20.5. The Kier molecular flexibility index (Phi) is 8.65. The van der Waals surface area contributed by atoms with Gasteiger partial charge >= 0.3 is 5.97 Å². The fourth-order valence-corrected chi connectivity index (χ4v) is 6.82. The van der Waals surface area contributed by atoms with Crippen LogP contribution in [-0.4, -0.2) is 19.2 Å². The minimum atomic E-state index is -0.124. The smallest absolute Gasteiger partial charge is 0.306 e. The van der Waals surface area contributed by atoms with Crippen molar-refractivity contribution in [2.75, 3.05) is 7.11 Å². The summed E-state index contributed by atoms with van der Waals surface area (Å²) in [7, 11) is 1.72. The topological polar surface area (TPSA) is 47.6 Å². The molecule has 0 aromatic heterocycles. The van der Waals surface area contributed by atoms with Gasteiger partial charge in [-0.25, -0.2) is 0 Å². The first-order chi connectivity index (χ1) is 19.2. The average Bonchev–Trinajstić information content (AvgIpc) is 2.96. The van der Waals surface area contributed by atoms with Crippen molar-refractivity contribution in [3.05, 3.63) is 88.0 Å². The number of hydrogen-bond donors (Lipinski definition) is 1. The highest BCUT2D eigenvalue weighted by Crippen LogP contribution is 2.53. The molecule has 3 aromatic rings. The fourth-order valence-electron chi connectivity index (χ4n) is 6.82. The van der Waals surface area contributed by atoms with Crippen LogP contribution in [0.4, 0.5) is 0 Å². The van der Waals surface area contributed by atoms with Gasteiger partial charge < -0.3 is 14.8 Å². The number of ether oxygens (including phenoxy) is 2. The van der Waals surface area contributed by atoms with Crippen molar-refractivity contribution in [2.45, 2.75) is 103 Å². The molecule has 3 aliphatic rings. The van der Waals surface area contributed by atoms with Gasteiger partial charge in [-0.1, -0.05) is 36.4 Å². The van der Waals surface area contributed by atoms with E-state index in [1.165, 1.54) is 59.1 Å². The molecule has 4 nitrogen and oxygen atoms in total. The molecule has 2 bridgehead atoms. The van der Waals surface area contributed by atoms with Crippen molar-refractivity contribution in [3.8, 4) is 16.9 Å². The van der Waals surface area contributed by atoms with Gasteiger partial charge in [0.15, 0.2) is 0 Å². The zero-order chi connectivity index (χ0) is 28.4. The Bertz CT molecular complexity index is 1350. The van der Waals surface area contributed by atoms with E-state index in [2.05, 4.69) is 74.6 Å². The SMILES string of the molecule is COc1cccc([C@@H](C)NC(C)c2cc(-c3ccc(C)c(CCC(=O)OC(C)C)c3)c3c(c2)C2CCC3CC2)c1. The van der Waals surface area contributed by atoms with Gasteiger partial charge in [-0.2, -0.15) is 0 Å². The summed E-state index contributed by atoms with van der Waals surface area (Å²) in [5.74, 6) is 2.08. The molecule has 0 amide bonds. The Morgan fingerprint density at radius 3 is 2.35 bits per heavy atom. The molecule has 1 N–H and O–H groups in total. The van der Waals surface area contributed by atoms with Crippen LogP contribution in [0.2, 0.25) is 0 Å². The number of esters is 1. The summed E-state index contributed by atoms with van der Waals surface area (Å²) >= 11 is 0. The van der Waals surface area contributed by atoms with Crippen molar-refractivity contribution in [2.24, 2.45) is 0 Å². The minimum absolute atomic E-state index is 0.0770. The van der Waals surface area contributed by atoms with Gasteiger partial charge in [-0.3, -0.25) is 4.79 Å². The third-order valence-electron chi connectivity index (χ3n) is 9.03. The first kappa shape index (κ1) is 28.4. The van der Waals surface area contributed by atoms with Crippen molar-refractivity contribution >= 4 is 5.97 Å². The molecule has 1 saturated carbocycles. The zero-order valence-corrected chi connectivity index (χ0v) is 25.1. The summed E-state index contributed by atoms with van der Waals surface area (Å²) < 4.78 is 10.9. The van der Waals surface area contributed by atoms with Crippen LogP contribution in [0.3, 0.4) is 0 Å². The molecular formula is C36H45NO3. The van der Waals surface area contributed by atoms with Crippen molar-refractivity contribution in [1.29, 1.82) is 0 Å². The van der Waals surface area contributed by atoms with E-state index in [0.717, 1.165) is 5.75 Å². The number of nitrogens with one attached hydrogen (secondary N) is 1. The lowest BCUT2D eigenvalue weighted by Gasteiger charge is -2.40. The highest BCUT2D eigenvalue weighted by atomic mass is 16.5. The quantitative estimate of drug-likeness (QED) is 0.262. The second kappa shape index (κ2) is 12.2. The van der Waals surface area contributed by atoms with Crippen molar-refractivity contribution in [3.63, 3.8) is 0 Å². The maximum Gasteiger partial charge on any atom is 0.306 e. The Morgan fingerprint density at radius 2 is 1.62 bits per heavy atom. The normalized spacial score (nSPS) is 19.3. The maximum absolute atomic E-state index is 12.3. The minimum Gasteiger partial charge on any atom is -0.497 e. The predicted octanol–water partition coefficient (Wildman–Crippen LogP) is 8.72. The Labute approximate surface area is 240 Å². The van der Waals surface area contributed by atoms with E-state index in [1.54, 1.807) is 18.2 Å². The van der Waals surface area contributed by atoms with Gasteiger partial charge in [0.05, 0.1) is 13.2 Å². The van der Waals surface area contributed by atoms with Crippen LogP contribution in [0.15, 0.2) is 54.6 Å². The Hall–Kier alpha value is -3.11. The first-order valence-corrected chi connectivity index (χ1v) is 15.1. The molecule has 0 radical (unpaired) electrons. The second-order valence-corrected chi connectivity index (χ2v) is 12.2. The molecule has 6 rings (SSSR count). The standard InChI is InChI=1S/C36H45NO3/c1-22(2)40-35(38)17-16-28-18-30(11-10-23(28)3)34-21-31(20-33-26-12-14-27(15-13-26)36(33)34)25(5)37-24(4)29-8-7-9-32(19-29)39-6/h7-11,18-22,24-27,37H,12-17H2,1-6H3/t24-,25?,26?,27?/m1/s1. The van der Waals surface area contributed by atoms with Gasteiger partial charge in [0.2, 0.25) is 0 Å². The van der Waals surface area contributed by atoms with E-state index < -0.39 is 0 Å². The third kappa shape index (κ3) is 6.12. The molecule has 3 aromatic carbocycles. The molecule has 1 unspecified atom stereocenters. The molecule has 4 heteroatoms. The van der Waals surface area contributed by atoms with Crippen LogP contribution >= 0.6 is 0 Å². The molecule has 2 atom stereocenters. The molecule has 0 heterocycles. The second-order valence-electron chi connectivity index (χ2n) is 12.2. The molecular weight excluding hydrogens is 494 g/mol. The summed E-state index contributed by atoms with van der Waals surface area (Å²) in [6.07, 6.45) is 6.24. The monoisotopic (exact) mass is 539 g/mol. The Morgan fingerprint density at radius 1 is 0.900 bits per heavy atom. The number of aryl methyl sites for hydroxylation is 2. The Balaban J connectivity index is 1.47. The lowest BCUT2D eigenvalue weighted by Crippen LogP contribution is -2.25. The molecule has 3 aliphatic carbocycles. The predicted molar refractivity (Wildman–Crippen MR) is 163 cm³/mol. The molecule has 40 heavy (non-hydrogen) atoms. The highest BCUT2D eigenvalue weighted by Gasteiger charge is 2.35. The van der Waals surface area contributed by atoms with Crippen LogP contribution in [0, 0.1) is 6.92 Å². The summed E-state index contributed by atoms with van der Waals surface area (Å²) in [4.78, 5) is 12.3. The lowest BCUT2D eigenvalue weighted by molar-refractivity contribution is -0.147. The van der Waals surface area contributed by atoms with Gasteiger partial charge in [0, 0.05) is 18.5 Å². The maximum atomic E-state index is 12.3. The molecule has 0 spiro atoms. The average molecular weight is 540 g/mol.